The fraction of sp³-hybridized carbons (Fsp3) is 0.294. The van der Waals surface area contributed by atoms with Gasteiger partial charge in [0, 0.05) is 35.3 Å². The van der Waals surface area contributed by atoms with Crippen LogP contribution in [0.3, 0.4) is 0 Å². The minimum absolute atomic E-state index is 0.109. The third kappa shape index (κ3) is 4.77. The number of ether oxygens (including phenoxy) is 2. The Bertz CT molecular complexity index is 1360. The van der Waals surface area contributed by atoms with Crippen LogP contribution >= 0.6 is 0 Å². The van der Waals surface area contributed by atoms with Gasteiger partial charge in [0.2, 0.25) is 0 Å². The molecule has 3 aliphatic rings. The van der Waals surface area contributed by atoms with E-state index in [0.717, 1.165) is 37.4 Å². The second-order valence-electron chi connectivity index (χ2n) is 10.7. The van der Waals surface area contributed by atoms with Gasteiger partial charge in [0.1, 0.15) is 18.2 Å². The van der Waals surface area contributed by atoms with Crippen molar-refractivity contribution < 1.29 is 9.47 Å². The SMILES string of the molecule is CCCC(C)(c1ccc2c(c1)CN(c1ccccc1)CO2)c1ccc2c(c1)CN(C1C=CC=CC=C1)CO2. The summed E-state index contributed by atoms with van der Waals surface area (Å²) in [5.41, 5.74) is 6.26. The molecule has 194 valence electrons. The smallest absolute Gasteiger partial charge is 0.161 e. The first-order chi connectivity index (χ1) is 18.6. The maximum atomic E-state index is 6.21. The summed E-state index contributed by atoms with van der Waals surface area (Å²) in [5.74, 6) is 1.99. The molecule has 1 aliphatic carbocycles. The molecule has 0 aromatic heterocycles. The highest BCUT2D eigenvalue weighted by Crippen LogP contribution is 2.41. The monoisotopic (exact) mass is 504 g/mol. The first kappa shape index (κ1) is 24.6. The van der Waals surface area contributed by atoms with Crippen LogP contribution in [0.15, 0.2) is 103 Å². The first-order valence-corrected chi connectivity index (χ1v) is 13.7. The second kappa shape index (κ2) is 10.5. The van der Waals surface area contributed by atoms with Crippen molar-refractivity contribution in [3.05, 3.63) is 125 Å². The van der Waals surface area contributed by atoms with Crippen LogP contribution in [0, 0.1) is 0 Å². The molecule has 0 fully saturated rings. The third-order valence-corrected chi connectivity index (χ3v) is 8.13. The van der Waals surface area contributed by atoms with Gasteiger partial charge in [0.05, 0.1) is 6.04 Å². The number of nitrogens with zero attached hydrogens (tertiary/aromatic N) is 2. The summed E-state index contributed by atoms with van der Waals surface area (Å²) in [5, 5.41) is 0. The fourth-order valence-electron chi connectivity index (χ4n) is 5.93. The Morgan fingerprint density at radius 3 is 2.05 bits per heavy atom. The number of benzene rings is 3. The van der Waals surface area contributed by atoms with E-state index in [9.17, 15) is 0 Å². The van der Waals surface area contributed by atoms with Crippen LogP contribution in [0.5, 0.6) is 11.5 Å². The fourth-order valence-corrected chi connectivity index (χ4v) is 5.93. The van der Waals surface area contributed by atoms with Gasteiger partial charge in [0.25, 0.3) is 0 Å². The van der Waals surface area contributed by atoms with Gasteiger partial charge in [-0.05, 0) is 53.9 Å². The number of hydrogen-bond donors (Lipinski definition) is 0. The number of allylic oxidation sites excluding steroid dienone is 4. The van der Waals surface area contributed by atoms with Crippen LogP contribution in [0.25, 0.3) is 0 Å². The number of para-hydroxylation sites is 1. The number of fused-ring (bicyclic) bond motifs is 2. The van der Waals surface area contributed by atoms with E-state index in [1.165, 1.54) is 27.9 Å². The van der Waals surface area contributed by atoms with Crippen LogP contribution in [-0.4, -0.2) is 24.4 Å². The summed E-state index contributed by atoms with van der Waals surface area (Å²) >= 11 is 0. The van der Waals surface area contributed by atoms with E-state index in [2.05, 4.69) is 127 Å². The molecule has 1 atom stereocenters. The largest absolute Gasteiger partial charge is 0.478 e. The summed E-state index contributed by atoms with van der Waals surface area (Å²) in [6, 6.07) is 24.4. The van der Waals surface area contributed by atoms with Gasteiger partial charge in [-0.15, -0.1) is 0 Å². The van der Waals surface area contributed by atoms with Gasteiger partial charge in [0.15, 0.2) is 6.73 Å². The summed E-state index contributed by atoms with van der Waals surface area (Å²) in [6.07, 6.45) is 15.0. The highest BCUT2D eigenvalue weighted by Gasteiger charge is 2.32. The standard InChI is InChI=1S/C34H36N2O2/c1-3-19-34(2,29-16-18-33-27(21-29)23-36(25-38-33)31-13-9-6-10-14-31)28-15-17-32-26(20-28)22-35(24-37-32)30-11-7-4-5-8-12-30/h4-18,20-21,30H,3,19,22-25H2,1-2H3. The van der Waals surface area contributed by atoms with E-state index in [1.54, 1.807) is 0 Å². The zero-order valence-electron chi connectivity index (χ0n) is 22.3. The van der Waals surface area contributed by atoms with Crippen LogP contribution in [0.2, 0.25) is 0 Å². The van der Waals surface area contributed by atoms with Crippen LogP contribution < -0.4 is 14.4 Å². The van der Waals surface area contributed by atoms with Crippen LogP contribution in [0.1, 0.15) is 48.9 Å². The van der Waals surface area contributed by atoms with E-state index in [1.807, 2.05) is 0 Å². The summed E-state index contributed by atoms with van der Waals surface area (Å²) in [7, 11) is 0. The normalized spacial score (nSPS) is 18.6. The van der Waals surface area contributed by atoms with E-state index >= 15 is 0 Å². The molecule has 0 spiro atoms. The van der Waals surface area contributed by atoms with E-state index in [0.29, 0.717) is 13.5 Å². The number of anilines is 1. The van der Waals surface area contributed by atoms with Gasteiger partial charge in [-0.2, -0.15) is 0 Å². The molecule has 4 heteroatoms. The molecule has 0 bridgehead atoms. The molecule has 0 radical (unpaired) electrons. The lowest BCUT2D eigenvalue weighted by atomic mass is 9.72. The van der Waals surface area contributed by atoms with Gasteiger partial charge in [-0.25, -0.2) is 0 Å². The highest BCUT2D eigenvalue weighted by atomic mass is 16.5. The molecule has 0 saturated heterocycles. The van der Waals surface area contributed by atoms with Crippen LogP contribution in [-0.2, 0) is 18.5 Å². The van der Waals surface area contributed by atoms with Crippen molar-refractivity contribution in [1.82, 2.24) is 4.90 Å². The van der Waals surface area contributed by atoms with E-state index in [-0.39, 0.29) is 11.5 Å². The lowest BCUT2D eigenvalue weighted by Crippen LogP contribution is -2.38. The van der Waals surface area contributed by atoms with Gasteiger partial charge >= 0.3 is 0 Å². The molecule has 2 aliphatic heterocycles. The maximum Gasteiger partial charge on any atom is 0.161 e. The Morgan fingerprint density at radius 1 is 0.763 bits per heavy atom. The Labute approximate surface area is 226 Å². The zero-order chi connectivity index (χ0) is 26.0. The number of hydrogen-bond acceptors (Lipinski definition) is 4. The topological polar surface area (TPSA) is 24.9 Å². The molecule has 3 aromatic rings. The Balaban J connectivity index is 1.30. The average molecular weight is 505 g/mol. The molecular formula is C34H36N2O2. The van der Waals surface area contributed by atoms with Crippen molar-refractivity contribution in [3.63, 3.8) is 0 Å². The molecule has 38 heavy (non-hydrogen) atoms. The molecule has 2 heterocycles. The molecule has 0 amide bonds. The minimum Gasteiger partial charge on any atom is -0.478 e. The predicted molar refractivity (Wildman–Crippen MR) is 155 cm³/mol. The lowest BCUT2D eigenvalue weighted by molar-refractivity contribution is 0.0862. The van der Waals surface area contributed by atoms with Crippen molar-refractivity contribution >= 4 is 5.69 Å². The van der Waals surface area contributed by atoms with Gasteiger partial charge in [-0.3, -0.25) is 4.90 Å². The van der Waals surface area contributed by atoms with Crippen LogP contribution in [0.4, 0.5) is 5.69 Å². The first-order valence-electron chi connectivity index (χ1n) is 13.7. The molecule has 6 rings (SSSR count). The third-order valence-electron chi connectivity index (χ3n) is 8.13. The van der Waals surface area contributed by atoms with E-state index < -0.39 is 0 Å². The zero-order valence-corrected chi connectivity index (χ0v) is 22.3. The maximum absolute atomic E-state index is 6.21. The van der Waals surface area contributed by atoms with E-state index in [4.69, 9.17) is 9.47 Å². The molecular weight excluding hydrogens is 468 g/mol. The molecule has 0 N–H and O–H groups in total. The van der Waals surface area contributed by atoms with Crippen molar-refractivity contribution in [1.29, 1.82) is 0 Å². The quantitative estimate of drug-likeness (QED) is 0.350. The molecule has 0 saturated carbocycles. The van der Waals surface area contributed by atoms with Crippen molar-refractivity contribution in [2.45, 2.75) is 51.2 Å². The molecule has 3 aromatic carbocycles. The predicted octanol–water partition coefficient (Wildman–Crippen LogP) is 7.35. The van der Waals surface area contributed by atoms with Crippen molar-refractivity contribution in [2.75, 3.05) is 18.4 Å². The molecule has 1 unspecified atom stereocenters. The summed E-state index contributed by atoms with van der Waals surface area (Å²) in [4.78, 5) is 4.66. The second-order valence-corrected chi connectivity index (χ2v) is 10.7. The summed E-state index contributed by atoms with van der Waals surface area (Å²) in [6.45, 7) is 7.56. The average Bonchev–Trinajstić information content (AvgIpc) is 3.26. The highest BCUT2D eigenvalue weighted by molar-refractivity contribution is 5.53. The number of rotatable bonds is 6. The minimum atomic E-state index is -0.109. The Kier molecular flexibility index (Phi) is 6.82. The van der Waals surface area contributed by atoms with Crippen molar-refractivity contribution in [3.8, 4) is 11.5 Å². The van der Waals surface area contributed by atoms with Crippen molar-refractivity contribution in [2.24, 2.45) is 0 Å². The van der Waals surface area contributed by atoms with Gasteiger partial charge < -0.3 is 14.4 Å². The van der Waals surface area contributed by atoms with Gasteiger partial charge in [-0.1, -0.05) is 87.1 Å². The Morgan fingerprint density at radius 2 is 1.39 bits per heavy atom. The molecule has 4 nitrogen and oxygen atoms in total. The lowest BCUT2D eigenvalue weighted by Gasteiger charge is -2.36. The Hall–Kier alpha value is -3.76. The summed E-state index contributed by atoms with van der Waals surface area (Å²) < 4.78 is 12.4.